The maximum absolute atomic E-state index is 12.5. The van der Waals surface area contributed by atoms with E-state index in [1.807, 2.05) is 20.8 Å². The van der Waals surface area contributed by atoms with Crippen LogP contribution in [0.25, 0.3) is 0 Å². The molecule has 0 saturated carbocycles. The van der Waals surface area contributed by atoms with E-state index in [1.54, 1.807) is 11.4 Å². The summed E-state index contributed by atoms with van der Waals surface area (Å²) in [5.41, 5.74) is 5.44. The molecule has 0 aliphatic rings. The van der Waals surface area contributed by atoms with Gasteiger partial charge in [-0.05, 0) is 25.7 Å². The molecule has 0 bridgehead atoms. The highest BCUT2D eigenvalue weighted by Crippen LogP contribution is 2.27. The first-order valence-corrected chi connectivity index (χ1v) is 8.74. The molecule has 19 heavy (non-hydrogen) atoms. The maximum Gasteiger partial charge on any atom is 0.214 e. The van der Waals surface area contributed by atoms with Gasteiger partial charge in [-0.25, -0.2) is 8.42 Å². The standard InChI is InChI=1S/C13H30N2O3S/c1-5-9-15(13(6-2,7-3)12-14)19(16,17)11-8-10-18-4/h5-12,14H2,1-4H3. The summed E-state index contributed by atoms with van der Waals surface area (Å²) in [5.74, 6) is 0.128. The summed E-state index contributed by atoms with van der Waals surface area (Å²) in [6.07, 6.45) is 2.80. The molecule has 0 aliphatic heterocycles. The number of nitrogens with two attached hydrogens (primary N) is 1. The van der Waals surface area contributed by atoms with Crippen molar-refractivity contribution in [3.05, 3.63) is 0 Å². The van der Waals surface area contributed by atoms with Crippen LogP contribution in [0.2, 0.25) is 0 Å². The fourth-order valence-corrected chi connectivity index (χ4v) is 4.45. The minimum absolute atomic E-state index is 0.128. The molecule has 0 saturated heterocycles. The lowest BCUT2D eigenvalue weighted by atomic mass is 9.93. The van der Waals surface area contributed by atoms with Crippen LogP contribution in [0.4, 0.5) is 0 Å². The number of methoxy groups -OCH3 is 1. The van der Waals surface area contributed by atoms with Crippen molar-refractivity contribution < 1.29 is 13.2 Å². The molecular formula is C13H30N2O3S. The van der Waals surface area contributed by atoms with Gasteiger partial charge in [0.15, 0.2) is 0 Å². The first-order chi connectivity index (χ1) is 8.94. The second-order valence-electron chi connectivity index (χ2n) is 4.87. The number of hydrogen-bond acceptors (Lipinski definition) is 4. The van der Waals surface area contributed by atoms with Crippen LogP contribution in [-0.4, -0.2) is 50.8 Å². The van der Waals surface area contributed by atoms with Gasteiger partial charge in [0.05, 0.1) is 5.75 Å². The number of sulfonamides is 1. The Labute approximate surface area is 118 Å². The van der Waals surface area contributed by atoms with E-state index in [-0.39, 0.29) is 5.75 Å². The van der Waals surface area contributed by atoms with E-state index >= 15 is 0 Å². The van der Waals surface area contributed by atoms with Gasteiger partial charge in [0.2, 0.25) is 10.0 Å². The minimum atomic E-state index is -3.28. The van der Waals surface area contributed by atoms with Crippen molar-refractivity contribution in [2.24, 2.45) is 5.73 Å². The second-order valence-corrected chi connectivity index (χ2v) is 6.88. The fraction of sp³-hybridized carbons (Fsp3) is 1.00. The SMILES string of the molecule is CCCN(C(CC)(CC)CN)S(=O)(=O)CCCOC. The zero-order valence-corrected chi connectivity index (χ0v) is 13.6. The van der Waals surface area contributed by atoms with Gasteiger partial charge in [-0.2, -0.15) is 4.31 Å². The van der Waals surface area contributed by atoms with Crippen molar-refractivity contribution in [1.29, 1.82) is 0 Å². The summed E-state index contributed by atoms with van der Waals surface area (Å²) < 4.78 is 31.6. The molecule has 2 N–H and O–H groups in total. The molecule has 0 aromatic carbocycles. The molecule has 0 unspecified atom stereocenters. The zero-order chi connectivity index (χ0) is 14.9. The van der Waals surface area contributed by atoms with Crippen LogP contribution in [0, 0.1) is 0 Å². The van der Waals surface area contributed by atoms with Gasteiger partial charge in [-0.3, -0.25) is 0 Å². The Kier molecular flexibility index (Phi) is 8.81. The predicted molar refractivity (Wildman–Crippen MR) is 79.6 cm³/mol. The highest BCUT2D eigenvalue weighted by Gasteiger charge is 2.38. The third kappa shape index (κ3) is 5.02. The zero-order valence-electron chi connectivity index (χ0n) is 12.8. The molecule has 0 aromatic heterocycles. The van der Waals surface area contributed by atoms with Crippen LogP contribution in [0.5, 0.6) is 0 Å². The van der Waals surface area contributed by atoms with Gasteiger partial charge >= 0.3 is 0 Å². The van der Waals surface area contributed by atoms with Crippen molar-refractivity contribution in [3.8, 4) is 0 Å². The van der Waals surface area contributed by atoms with Crippen LogP contribution in [0.1, 0.15) is 46.5 Å². The van der Waals surface area contributed by atoms with Crippen LogP contribution in [0.15, 0.2) is 0 Å². The molecule has 0 aliphatic carbocycles. The third-order valence-electron chi connectivity index (χ3n) is 3.74. The molecule has 0 atom stereocenters. The number of rotatable bonds is 11. The van der Waals surface area contributed by atoms with Crippen molar-refractivity contribution in [2.75, 3.05) is 32.6 Å². The van der Waals surface area contributed by atoms with Crippen molar-refractivity contribution >= 4 is 10.0 Å². The van der Waals surface area contributed by atoms with Crippen LogP contribution in [-0.2, 0) is 14.8 Å². The van der Waals surface area contributed by atoms with E-state index < -0.39 is 15.6 Å². The predicted octanol–water partition coefficient (Wildman–Crippen LogP) is 1.58. The van der Waals surface area contributed by atoms with Crippen molar-refractivity contribution in [3.63, 3.8) is 0 Å². The Balaban J connectivity index is 5.16. The van der Waals surface area contributed by atoms with Gasteiger partial charge in [0.1, 0.15) is 0 Å². The van der Waals surface area contributed by atoms with E-state index in [1.165, 1.54) is 0 Å². The van der Waals surface area contributed by atoms with Crippen molar-refractivity contribution in [1.82, 2.24) is 4.31 Å². The van der Waals surface area contributed by atoms with Crippen LogP contribution in [0.3, 0.4) is 0 Å². The highest BCUT2D eigenvalue weighted by atomic mass is 32.2. The highest BCUT2D eigenvalue weighted by molar-refractivity contribution is 7.89. The van der Waals surface area contributed by atoms with Crippen LogP contribution < -0.4 is 5.73 Å². The van der Waals surface area contributed by atoms with E-state index in [2.05, 4.69) is 0 Å². The summed E-state index contributed by atoms with van der Waals surface area (Å²) in [6.45, 7) is 7.36. The first-order valence-electron chi connectivity index (χ1n) is 7.13. The van der Waals surface area contributed by atoms with Gasteiger partial charge in [-0.15, -0.1) is 0 Å². The molecule has 0 spiro atoms. The Morgan fingerprint density at radius 2 is 1.79 bits per heavy atom. The molecule has 0 radical (unpaired) electrons. The largest absolute Gasteiger partial charge is 0.385 e. The number of hydrogen-bond donors (Lipinski definition) is 1. The molecular weight excluding hydrogens is 264 g/mol. The van der Waals surface area contributed by atoms with E-state index in [4.69, 9.17) is 10.5 Å². The smallest absolute Gasteiger partial charge is 0.214 e. The van der Waals surface area contributed by atoms with Crippen molar-refractivity contribution in [2.45, 2.75) is 52.0 Å². The number of ether oxygens (including phenoxy) is 1. The average Bonchev–Trinajstić information content (AvgIpc) is 2.40. The third-order valence-corrected chi connectivity index (χ3v) is 5.78. The van der Waals surface area contributed by atoms with E-state index in [0.717, 1.165) is 19.3 Å². The van der Waals surface area contributed by atoms with E-state index in [0.29, 0.717) is 26.1 Å². The van der Waals surface area contributed by atoms with Gasteiger partial charge in [0.25, 0.3) is 0 Å². The Hall–Kier alpha value is -0.170. The van der Waals surface area contributed by atoms with Gasteiger partial charge in [-0.1, -0.05) is 20.8 Å². The maximum atomic E-state index is 12.5. The molecule has 0 amide bonds. The molecule has 0 aromatic rings. The lowest BCUT2D eigenvalue weighted by Crippen LogP contribution is -2.56. The average molecular weight is 294 g/mol. The second kappa shape index (κ2) is 8.89. The molecule has 116 valence electrons. The summed E-state index contributed by atoms with van der Waals surface area (Å²) in [4.78, 5) is 0. The normalized spacial score (nSPS) is 13.2. The minimum Gasteiger partial charge on any atom is -0.385 e. The quantitative estimate of drug-likeness (QED) is 0.587. The molecule has 0 heterocycles. The number of nitrogens with zero attached hydrogens (tertiary/aromatic N) is 1. The summed E-state index contributed by atoms with van der Waals surface area (Å²) in [6, 6.07) is 0. The summed E-state index contributed by atoms with van der Waals surface area (Å²) in [7, 11) is -1.70. The molecule has 5 nitrogen and oxygen atoms in total. The fourth-order valence-electron chi connectivity index (χ4n) is 2.36. The lowest BCUT2D eigenvalue weighted by Gasteiger charge is -2.41. The summed E-state index contributed by atoms with van der Waals surface area (Å²) >= 11 is 0. The van der Waals surface area contributed by atoms with Gasteiger partial charge < -0.3 is 10.5 Å². The van der Waals surface area contributed by atoms with Crippen LogP contribution >= 0.6 is 0 Å². The first kappa shape index (κ1) is 18.8. The van der Waals surface area contributed by atoms with E-state index in [9.17, 15) is 8.42 Å². The Morgan fingerprint density at radius 3 is 2.16 bits per heavy atom. The monoisotopic (exact) mass is 294 g/mol. The Bertz CT molecular complexity index is 319. The molecule has 0 fully saturated rings. The Morgan fingerprint density at radius 1 is 1.21 bits per heavy atom. The topological polar surface area (TPSA) is 72.6 Å². The summed E-state index contributed by atoms with van der Waals surface area (Å²) in [5, 5.41) is 0. The molecule has 0 rings (SSSR count). The molecule has 6 heteroatoms. The van der Waals surface area contributed by atoms with Gasteiger partial charge in [0, 0.05) is 32.3 Å². The lowest BCUT2D eigenvalue weighted by molar-refractivity contribution is 0.175.